The van der Waals surface area contributed by atoms with Gasteiger partial charge in [0.2, 0.25) is 0 Å². The lowest BCUT2D eigenvalue weighted by Gasteiger charge is -2.25. The Morgan fingerprint density at radius 3 is 2.56 bits per heavy atom. The molecule has 0 radical (unpaired) electrons. The van der Waals surface area contributed by atoms with Crippen molar-refractivity contribution in [2.75, 3.05) is 23.8 Å². The van der Waals surface area contributed by atoms with E-state index in [2.05, 4.69) is 26.1 Å². The maximum atomic E-state index is 12.1. The zero-order valence-electron chi connectivity index (χ0n) is 19.9. The highest BCUT2D eigenvalue weighted by Gasteiger charge is 2.21. The third-order valence-corrected chi connectivity index (χ3v) is 4.85. The van der Waals surface area contributed by atoms with Gasteiger partial charge < -0.3 is 30.7 Å². The van der Waals surface area contributed by atoms with Crippen LogP contribution in [0, 0.1) is 0 Å². The van der Waals surface area contributed by atoms with Gasteiger partial charge in [-0.15, -0.1) is 0 Å². The van der Waals surface area contributed by atoms with E-state index in [0.717, 1.165) is 12.8 Å². The van der Waals surface area contributed by atoms with Crippen LogP contribution >= 0.6 is 0 Å². The summed E-state index contributed by atoms with van der Waals surface area (Å²) < 4.78 is 10.6. The van der Waals surface area contributed by atoms with Crippen LogP contribution in [-0.4, -0.2) is 46.8 Å². The van der Waals surface area contributed by atoms with Gasteiger partial charge in [0.15, 0.2) is 23.1 Å². The fourth-order valence-electron chi connectivity index (χ4n) is 3.30. The summed E-state index contributed by atoms with van der Waals surface area (Å²) in [6, 6.07) is 6.96. The van der Waals surface area contributed by atoms with Gasteiger partial charge in [0, 0.05) is 31.0 Å². The highest BCUT2D eigenvalue weighted by molar-refractivity contribution is 5.96. The second kappa shape index (κ2) is 11.0. The molecule has 1 saturated heterocycles. The van der Waals surface area contributed by atoms with Gasteiger partial charge in [0.1, 0.15) is 5.60 Å². The summed E-state index contributed by atoms with van der Waals surface area (Å²) in [5.74, 6) is 0.467. The van der Waals surface area contributed by atoms with E-state index in [-0.39, 0.29) is 17.6 Å². The minimum absolute atomic E-state index is 0.0348. The SMILES string of the molecule is CCc1nc(C(N)=O)c(Nc2cccc(ONC(=O)OC(C)(C)C)c2)nc1NC1CCOCC1. The Kier molecular flexibility index (Phi) is 8.11. The zero-order chi connectivity index (χ0) is 24.7. The molecule has 1 aliphatic rings. The second-order valence-electron chi connectivity index (χ2n) is 8.82. The lowest BCUT2D eigenvalue weighted by molar-refractivity contribution is 0.0287. The van der Waals surface area contributed by atoms with E-state index in [0.29, 0.717) is 42.6 Å². The van der Waals surface area contributed by atoms with Crippen molar-refractivity contribution in [2.24, 2.45) is 5.73 Å². The molecule has 0 bridgehead atoms. The first-order valence-corrected chi connectivity index (χ1v) is 11.2. The molecule has 0 saturated carbocycles. The number of amides is 2. The number of aromatic nitrogens is 2. The van der Waals surface area contributed by atoms with Gasteiger partial charge in [-0.25, -0.2) is 14.8 Å². The second-order valence-corrected chi connectivity index (χ2v) is 8.82. The summed E-state index contributed by atoms with van der Waals surface area (Å²) in [4.78, 5) is 38.4. The number of ether oxygens (including phenoxy) is 2. The molecule has 5 N–H and O–H groups in total. The van der Waals surface area contributed by atoms with Crippen LogP contribution in [0.2, 0.25) is 0 Å². The lowest BCUT2D eigenvalue weighted by atomic mass is 10.1. The van der Waals surface area contributed by atoms with Crippen molar-refractivity contribution in [3.05, 3.63) is 35.7 Å². The van der Waals surface area contributed by atoms with Gasteiger partial charge in [0.05, 0.1) is 5.69 Å². The number of hydroxylamine groups is 1. The van der Waals surface area contributed by atoms with Crippen molar-refractivity contribution in [1.82, 2.24) is 15.4 Å². The average Bonchev–Trinajstić information content (AvgIpc) is 2.77. The Labute approximate surface area is 198 Å². The predicted molar refractivity (Wildman–Crippen MR) is 127 cm³/mol. The number of benzene rings is 1. The van der Waals surface area contributed by atoms with E-state index < -0.39 is 17.6 Å². The van der Waals surface area contributed by atoms with Crippen molar-refractivity contribution >= 4 is 29.3 Å². The summed E-state index contributed by atoms with van der Waals surface area (Å²) >= 11 is 0. The molecule has 0 aliphatic carbocycles. The molecular formula is C23H32N6O5. The smallest absolute Gasteiger partial charge is 0.441 e. The summed E-state index contributed by atoms with van der Waals surface area (Å²) in [5, 5.41) is 6.51. The molecule has 11 nitrogen and oxygen atoms in total. The van der Waals surface area contributed by atoms with Crippen LogP contribution in [0.5, 0.6) is 5.75 Å². The molecule has 1 aromatic heterocycles. The van der Waals surface area contributed by atoms with Gasteiger partial charge in [0.25, 0.3) is 5.91 Å². The number of nitrogens with one attached hydrogen (secondary N) is 3. The fraction of sp³-hybridized carbons (Fsp3) is 0.478. The first-order chi connectivity index (χ1) is 16.1. The number of anilines is 3. The molecule has 2 aromatic rings. The summed E-state index contributed by atoms with van der Waals surface area (Å²) in [6.45, 7) is 8.56. The first-order valence-electron chi connectivity index (χ1n) is 11.2. The number of hydrogen-bond acceptors (Lipinski definition) is 9. The molecule has 34 heavy (non-hydrogen) atoms. The molecule has 11 heteroatoms. The van der Waals surface area contributed by atoms with Crippen molar-refractivity contribution in [1.29, 1.82) is 0 Å². The summed E-state index contributed by atoms with van der Waals surface area (Å²) in [5.41, 5.74) is 8.42. The minimum Gasteiger partial charge on any atom is -0.442 e. The summed E-state index contributed by atoms with van der Waals surface area (Å²) in [7, 11) is 0. The summed E-state index contributed by atoms with van der Waals surface area (Å²) in [6.07, 6.45) is 1.58. The highest BCUT2D eigenvalue weighted by atomic mass is 16.7. The normalized spacial score (nSPS) is 14.2. The maximum Gasteiger partial charge on any atom is 0.441 e. The number of nitrogens with two attached hydrogens (primary N) is 1. The highest BCUT2D eigenvalue weighted by Crippen LogP contribution is 2.26. The number of aryl methyl sites for hydroxylation is 1. The monoisotopic (exact) mass is 472 g/mol. The van der Waals surface area contributed by atoms with Gasteiger partial charge in [-0.05, 0) is 52.2 Å². The molecule has 1 aromatic carbocycles. The third-order valence-electron chi connectivity index (χ3n) is 4.85. The number of rotatable bonds is 8. The van der Waals surface area contributed by atoms with Crippen LogP contribution in [0.1, 0.15) is 56.7 Å². The number of carbonyl (C=O) groups excluding carboxylic acids is 2. The maximum absolute atomic E-state index is 12.1. The lowest BCUT2D eigenvalue weighted by Crippen LogP contribution is -2.34. The Morgan fingerprint density at radius 1 is 1.18 bits per heavy atom. The van der Waals surface area contributed by atoms with E-state index in [1.807, 2.05) is 6.92 Å². The first kappa shape index (κ1) is 25.0. The fourth-order valence-corrected chi connectivity index (χ4v) is 3.30. The molecule has 1 aliphatic heterocycles. The molecular weight excluding hydrogens is 440 g/mol. The number of primary amides is 1. The van der Waals surface area contributed by atoms with Crippen molar-refractivity contribution < 1.29 is 23.9 Å². The van der Waals surface area contributed by atoms with Gasteiger partial charge >= 0.3 is 6.09 Å². The van der Waals surface area contributed by atoms with E-state index in [9.17, 15) is 9.59 Å². The molecule has 3 rings (SSSR count). The van der Waals surface area contributed by atoms with E-state index >= 15 is 0 Å². The molecule has 184 valence electrons. The topological polar surface area (TPSA) is 150 Å². The Bertz CT molecular complexity index is 1020. The van der Waals surface area contributed by atoms with Crippen LogP contribution in [0.25, 0.3) is 0 Å². The van der Waals surface area contributed by atoms with Crippen molar-refractivity contribution in [3.63, 3.8) is 0 Å². The largest absolute Gasteiger partial charge is 0.442 e. The van der Waals surface area contributed by atoms with Gasteiger partial charge in [-0.2, -0.15) is 5.48 Å². The molecule has 0 unspecified atom stereocenters. The predicted octanol–water partition coefficient (Wildman–Crippen LogP) is 3.29. The van der Waals surface area contributed by atoms with Crippen LogP contribution in [0.3, 0.4) is 0 Å². The van der Waals surface area contributed by atoms with E-state index in [1.165, 1.54) is 0 Å². The number of carbonyl (C=O) groups is 2. The van der Waals surface area contributed by atoms with E-state index in [4.69, 9.17) is 20.0 Å². The van der Waals surface area contributed by atoms with Crippen LogP contribution in [0.15, 0.2) is 24.3 Å². The number of nitrogens with zero attached hydrogens (tertiary/aromatic N) is 2. The van der Waals surface area contributed by atoms with Gasteiger partial charge in [-0.1, -0.05) is 13.0 Å². The Balaban J connectivity index is 1.79. The van der Waals surface area contributed by atoms with Crippen molar-refractivity contribution in [2.45, 2.75) is 58.6 Å². The van der Waals surface area contributed by atoms with Crippen LogP contribution < -0.4 is 26.7 Å². The molecule has 1 fully saturated rings. The average molecular weight is 473 g/mol. The van der Waals surface area contributed by atoms with E-state index in [1.54, 1.807) is 45.0 Å². The van der Waals surface area contributed by atoms with Crippen LogP contribution in [0.4, 0.5) is 22.1 Å². The van der Waals surface area contributed by atoms with Crippen molar-refractivity contribution in [3.8, 4) is 5.75 Å². The quantitative estimate of drug-likeness (QED) is 0.424. The zero-order valence-corrected chi connectivity index (χ0v) is 19.9. The molecule has 0 atom stereocenters. The van der Waals surface area contributed by atoms with Crippen LogP contribution in [-0.2, 0) is 15.9 Å². The number of hydrogen-bond donors (Lipinski definition) is 4. The minimum atomic E-state index is -0.716. The molecule has 2 heterocycles. The Morgan fingerprint density at radius 2 is 1.91 bits per heavy atom. The Hall–Kier alpha value is -3.60. The standard InChI is InChI=1S/C23H32N6O5/c1-5-17-20(25-14-9-11-32-12-10-14)28-21(18(27-17)19(24)30)26-15-7-6-8-16(13-15)34-29-22(31)33-23(2,3)4/h6-8,13-14H,5,9-12H2,1-4H3,(H2,24,30)(H,29,31)(H2,25,26,28). The third kappa shape index (κ3) is 7.20. The molecule has 0 spiro atoms. The molecule has 2 amide bonds. The van der Waals surface area contributed by atoms with Gasteiger partial charge in [-0.3, -0.25) is 4.79 Å².